The molecule has 1 saturated heterocycles. The Morgan fingerprint density at radius 3 is 2.00 bits per heavy atom. The topological polar surface area (TPSA) is 30.9 Å². The third-order valence-corrected chi connectivity index (χ3v) is 5.00. The Bertz CT molecular complexity index is 660. The molecule has 0 spiro atoms. The summed E-state index contributed by atoms with van der Waals surface area (Å²) in [6, 6.07) is 16.3. The highest BCUT2D eigenvalue weighted by atomic mass is 35.5. The van der Waals surface area contributed by atoms with Crippen LogP contribution < -0.4 is 14.2 Å². The number of hydrogen-bond donors (Lipinski definition) is 0. The summed E-state index contributed by atoms with van der Waals surface area (Å²) in [6.07, 6.45) is 1.15. The Balaban J connectivity index is 0.00000243. The number of piperidine rings is 1. The van der Waals surface area contributed by atoms with Crippen molar-refractivity contribution in [1.29, 1.82) is 0 Å². The molecule has 0 aliphatic carbocycles. The number of halogens is 1. The second-order valence-electron chi connectivity index (χ2n) is 6.68. The Hall–Kier alpha value is -1.91. The monoisotopic (exact) mass is 377 g/mol. The van der Waals surface area contributed by atoms with Crippen molar-refractivity contribution < 1.29 is 14.2 Å². The van der Waals surface area contributed by atoms with E-state index in [-0.39, 0.29) is 12.4 Å². The van der Waals surface area contributed by atoms with E-state index in [1.54, 1.807) is 14.2 Å². The Morgan fingerprint density at radius 1 is 0.885 bits per heavy atom. The smallest absolute Gasteiger partial charge is 0.119 e. The summed E-state index contributed by atoms with van der Waals surface area (Å²) in [5.41, 5.74) is 1.37. The second-order valence-corrected chi connectivity index (χ2v) is 6.68. The molecule has 26 heavy (non-hydrogen) atoms. The van der Waals surface area contributed by atoms with E-state index in [2.05, 4.69) is 36.2 Å². The van der Waals surface area contributed by atoms with Crippen molar-refractivity contribution in [2.45, 2.75) is 12.3 Å². The largest absolute Gasteiger partial charge is 0.497 e. The van der Waals surface area contributed by atoms with E-state index in [4.69, 9.17) is 14.2 Å². The lowest BCUT2D eigenvalue weighted by Crippen LogP contribution is -2.39. The molecule has 0 N–H and O–H groups in total. The molecule has 142 valence electrons. The fourth-order valence-corrected chi connectivity index (χ4v) is 3.55. The zero-order valence-electron chi connectivity index (χ0n) is 15.7. The van der Waals surface area contributed by atoms with Gasteiger partial charge >= 0.3 is 0 Å². The van der Waals surface area contributed by atoms with Gasteiger partial charge in [-0.1, -0.05) is 12.1 Å². The maximum Gasteiger partial charge on any atom is 0.119 e. The highest BCUT2D eigenvalue weighted by molar-refractivity contribution is 5.85. The van der Waals surface area contributed by atoms with Crippen LogP contribution in [0.25, 0.3) is 0 Å². The highest BCUT2D eigenvalue weighted by Crippen LogP contribution is 2.34. The molecule has 0 bridgehead atoms. The van der Waals surface area contributed by atoms with E-state index < -0.39 is 0 Å². The SMILES string of the molecule is COc1ccc(OC[C@H]2CN(C)CC[C@H]2c2ccc(OC)cc2)cc1.Cl. The fourth-order valence-electron chi connectivity index (χ4n) is 3.55. The van der Waals surface area contributed by atoms with Crippen molar-refractivity contribution in [2.75, 3.05) is 41.0 Å². The average molecular weight is 378 g/mol. The minimum atomic E-state index is 0. The molecule has 0 aromatic heterocycles. The predicted octanol–water partition coefficient (Wildman–Crippen LogP) is 4.24. The fraction of sp³-hybridized carbons (Fsp3) is 0.429. The molecular weight excluding hydrogens is 350 g/mol. The van der Waals surface area contributed by atoms with Crippen molar-refractivity contribution in [3.05, 3.63) is 54.1 Å². The number of nitrogens with zero attached hydrogens (tertiary/aromatic N) is 1. The molecule has 0 unspecified atom stereocenters. The van der Waals surface area contributed by atoms with Gasteiger partial charge in [0.2, 0.25) is 0 Å². The minimum absolute atomic E-state index is 0. The van der Waals surface area contributed by atoms with Crippen LogP contribution in [0.2, 0.25) is 0 Å². The van der Waals surface area contributed by atoms with E-state index in [9.17, 15) is 0 Å². The van der Waals surface area contributed by atoms with Crippen molar-refractivity contribution in [3.8, 4) is 17.2 Å². The molecule has 1 aliphatic rings. The summed E-state index contributed by atoms with van der Waals surface area (Å²) in [6.45, 7) is 2.88. The van der Waals surface area contributed by atoms with Gasteiger partial charge in [0.25, 0.3) is 0 Å². The van der Waals surface area contributed by atoms with Crippen molar-refractivity contribution in [3.63, 3.8) is 0 Å². The van der Waals surface area contributed by atoms with Gasteiger partial charge in [-0.2, -0.15) is 0 Å². The first-order valence-electron chi connectivity index (χ1n) is 8.79. The molecule has 0 saturated carbocycles. The highest BCUT2D eigenvalue weighted by Gasteiger charge is 2.29. The molecule has 1 heterocycles. The van der Waals surface area contributed by atoms with Crippen LogP contribution in [-0.4, -0.2) is 45.9 Å². The van der Waals surface area contributed by atoms with Gasteiger partial charge in [-0.25, -0.2) is 0 Å². The second kappa shape index (κ2) is 9.70. The van der Waals surface area contributed by atoms with Crippen LogP contribution in [0.15, 0.2) is 48.5 Å². The molecule has 0 radical (unpaired) electrons. The van der Waals surface area contributed by atoms with Crippen LogP contribution in [0.5, 0.6) is 17.2 Å². The van der Waals surface area contributed by atoms with E-state index in [0.717, 1.165) is 36.8 Å². The van der Waals surface area contributed by atoms with Gasteiger partial charge < -0.3 is 19.1 Å². The average Bonchev–Trinajstić information content (AvgIpc) is 2.67. The maximum atomic E-state index is 6.08. The number of hydrogen-bond acceptors (Lipinski definition) is 4. The normalized spacial score (nSPS) is 20.1. The number of likely N-dealkylation sites (tertiary alicyclic amines) is 1. The lowest BCUT2D eigenvalue weighted by molar-refractivity contribution is 0.129. The van der Waals surface area contributed by atoms with Crippen molar-refractivity contribution in [2.24, 2.45) is 5.92 Å². The molecule has 5 heteroatoms. The summed E-state index contributed by atoms with van der Waals surface area (Å²) in [7, 11) is 5.56. The van der Waals surface area contributed by atoms with E-state index in [0.29, 0.717) is 18.4 Å². The quantitative estimate of drug-likeness (QED) is 0.753. The van der Waals surface area contributed by atoms with Gasteiger partial charge in [0.05, 0.1) is 20.8 Å². The molecule has 2 atom stereocenters. The first-order valence-corrected chi connectivity index (χ1v) is 8.79. The van der Waals surface area contributed by atoms with Crippen LogP contribution in [0.4, 0.5) is 0 Å². The van der Waals surface area contributed by atoms with Gasteiger partial charge in [-0.15, -0.1) is 12.4 Å². The summed E-state index contributed by atoms with van der Waals surface area (Å²) >= 11 is 0. The zero-order valence-corrected chi connectivity index (χ0v) is 16.5. The summed E-state index contributed by atoms with van der Waals surface area (Å²) in [4.78, 5) is 2.39. The molecule has 2 aromatic carbocycles. The number of ether oxygens (including phenoxy) is 3. The number of methoxy groups -OCH3 is 2. The lowest BCUT2D eigenvalue weighted by Gasteiger charge is -2.37. The summed E-state index contributed by atoms with van der Waals surface area (Å²) < 4.78 is 16.6. The number of benzene rings is 2. The Labute approximate surface area is 162 Å². The third-order valence-electron chi connectivity index (χ3n) is 5.00. The first kappa shape index (κ1) is 20.4. The Morgan fingerprint density at radius 2 is 1.42 bits per heavy atom. The zero-order chi connectivity index (χ0) is 17.6. The van der Waals surface area contributed by atoms with Gasteiger partial charge in [0, 0.05) is 12.5 Å². The van der Waals surface area contributed by atoms with E-state index in [1.807, 2.05) is 24.3 Å². The van der Waals surface area contributed by atoms with Gasteiger partial charge in [-0.05, 0) is 67.9 Å². The van der Waals surface area contributed by atoms with Crippen molar-refractivity contribution >= 4 is 12.4 Å². The molecule has 2 aromatic rings. The molecule has 1 fully saturated rings. The summed E-state index contributed by atoms with van der Waals surface area (Å²) in [5, 5.41) is 0. The van der Waals surface area contributed by atoms with E-state index in [1.165, 1.54) is 5.56 Å². The molecule has 0 amide bonds. The first-order chi connectivity index (χ1) is 12.2. The maximum absolute atomic E-state index is 6.08. The molecule has 4 nitrogen and oxygen atoms in total. The lowest BCUT2D eigenvalue weighted by atomic mass is 9.81. The van der Waals surface area contributed by atoms with Crippen molar-refractivity contribution in [1.82, 2.24) is 4.90 Å². The van der Waals surface area contributed by atoms with Gasteiger partial charge in [0.1, 0.15) is 17.2 Å². The third kappa shape index (κ3) is 5.05. The van der Waals surface area contributed by atoms with Crippen LogP contribution in [0, 0.1) is 5.92 Å². The molecule has 1 aliphatic heterocycles. The van der Waals surface area contributed by atoms with Crippen LogP contribution in [0.3, 0.4) is 0 Å². The van der Waals surface area contributed by atoms with Gasteiger partial charge in [0.15, 0.2) is 0 Å². The molecular formula is C21H28ClNO3. The van der Waals surface area contributed by atoms with Gasteiger partial charge in [-0.3, -0.25) is 0 Å². The molecule has 3 rings (SSSR count). The summed E-state index contributed by atoms with van der Waals surface area (Å²) in [5.74, 6) is 3.63. The predicted molar refractivity (Wildman–Crippen MR) is 107 cm³/mol. The van der Waals surface area contributed by atoms with Crippen LogP contribution >= 0.6 is 12.4 Å². The van der Waals surface area contributed by atoms with E-state index >= 15 is 0 Å². The Kier molecular flexibility index (Phi) is 7.61. The number of rotatable bonds is 6. The van der Waals surface area contributed by atoms with Crippen LogP contribution in [-0.2, 0) is 0 Å². The minimum Gasteiger partial charge on any atom is -0.497 e. The standard InChI is InChI=1S/C21H27NO3.ClH/c1-22-13-12-21(16-4-6-18(23-2)7-5-16)17(14-22)15-25-20-10-8-19(24-3)9-11-20;/h4-11,17,21H,12-15H2,1-3H3;1H/t17-,21+;/m1./s1. The van der Waals surface area contributed by atoms with Crippen LogP contribution in [0.1, 0.15) is 17.9 Å².